The van der Waals surface area contributed by atoms with Crippen LogP contribution in [0.1, 0.15) is 38.3 Å². The predicted molar refractivity (Wildman–Crippen MR) is 68.6 cm³/mol. The summed E-state index contributed by atoms with van der Waals surface area (Å²) >= 11 is 0. The minimum Gasteiger partial charge on any atom is -0.369 e. The average Bonchev–Trinajstić information content (AvgIpc) is 2.38. The van der Waals surface area contributed by atoms with Crippen molar-refractivity contribution in [2.24, 2.45) is 0 Å². The van der Waals surface area contributed by atoms with Gasteiger partial charge in [0.05, 0.1) is 11.1 Å². The first kappa shape index (κ1) is 13.1. The van der Waals surface area contributed by atoms with Crippen LogP contribution in [0, 0.1) is 22.7 Å². The van der Waals surface area contributed by atoms with E-state index < -0.39 is 0 Å². The summed E-state index contributed by atoms with van der Waals surface area (Å²) in [6, 6.07) is 9.97. The number of benzene rings is 1. The third-order valence-corrected chi connectivity index (χ3v) is 3.04. The van der Waals surface area contributed by atoms with Crippen LogP contribution in [0.3, 0.4) is 0 Å². The van der Waals surface area contributed by atoms with Gasteiger partial charge in [-0.05, 0) is 38.5 Å². The van der Waals surface area contributed by atoms with Crippen molar-refractivity contribution in [2.45, 2.75) is 33.2 Å². The highest BCUT2D eigenvalue weighted by Crippen LogP contribution is 2.21. The Morgan fingerprint density at radius 3 is 2.29 bits per heavy atom. The first-order valence-electron chi connectivity index (χ1n) is 5.88. The normalized spacial score (nSPS) is 11.4. The highest BCUT2D eigenvalue weighted by atomic mass is 15.1. The molecule has 0 N–H and O–H groups in total. The molecule has 88 valence electrons. The second-order valence-corrected chi connectivity index (χ2v) is 4.00. The minimum absolute atomic E-state index is 0.430. The molecule has 0 radical (unpaired) electrons. The SMILES string of the molecule is CC[C@H](C)N(CC)c1ccc(C#N)c(C#N)c1. The van der Waals surface area contributed by atoms with Crippen molar-refractivity contribution in [1.82, 2.24) is 0 Å². The summed E-state index contributed by atoms with van der Waals surface area (Å²) in [5.41, 5.74) is 1.90. The Morgan fingerprint density at radius 1 is 1.18 bits per heavy atom. The van der Waals surface area contributed by atoms with Crippen LogP contribution in [0.5, 0.6) is 0 Å². The van der Waals surface area contributed by atoms with E-state index in [1.807, 2.05) is 12.1 Å². The zero-order valence-electron chi connectivity index (χ0n) is 10.6. The first-order valence-corrected chi connectivity index (χ1v) is 5.88. The molecule has 0 saturated heterocycles. The van der Waals surface area contributed by atoms with E-state index in [1.165, 1.54) is 0 Å². The lowest BCUT2D eigenvalue weighted by Gasteiger charge is -2.29. The molecule has 0 fully saturated rings. The van der Waals surface area contributed by atoms with E-state index in [0.29, 0.717) is 17.2 Å². The van der Waals surface area contributed by atoms with E-state index in [0.717, 1.165) is 18.7 Å². The molecule has 3 heteroatoms. The topological polar surface area (TPSA) is 50.8 Å². The molecule has 0 spiro atoms. The molecule has 0 aliphatic carbocycles. The smallest absolute Gasteiger partial charge is 0.101 e. The van der Waals surface area contributed by atoms with Gasteiger partial charge in [0.2, 0.25) is 0 Å². The maximum absolute atomic E-state index is 9.00. The van der Waals surface area contributed by atoms with Gasteiger partial charge in [-0.3, -0.25) is 0 Å². The lowest BCUT2D eigenvalue weighted by atomic mass is 10.1. The molecular weight excluding hydrogens is 210 g/mol. The summed E-state index contributed by atoms with van der Waals surface area (Å²) in [7, 11) is 0. The van der Waals surface area contributed by atoms with Crippen molar-refractivity contribution in [3.8, 4) is 12.1 Å². The molecule has 17 heavy (non-hydrogen) atoms. The molecule has 0 unspecified atom stereocenters. The Balaban J connectivity index is 3.16. The Morgan fingerprint density at radius 2 is 1.82 bits per heavy atom. The Labute approximate surface area is 103 Å². The first-order chi connectivity index (χ1) is 8.17. The molecule has 1 rings (SSSR count). The third kappa shape index (κ3) is 2.77. The quantitative estimate of drug-likeness (QED) is 0.794. The summed E-state index contributed by atoms with van der Waals surface area (Å²) in [5.74, 6) is 0. The summed E-state index contributed by atoms with van der Waals surface area (Å²) in [4.78, 5) is 2.24. The van der Waals surface area contributed by atoms with Gasteiger partial charge in [0, 0.05) is 18.3 Å². The van der Waals surface area contributed by atoms with Crippen LogP contribution in [-0.2, 0) is 0 Å². The Hall–Kier alpha value is -2.00. The zero-order chi connectivity index (χ0) is 12.8. The van der Waals surface area contributed by atoms with Gasteiger partial charge in [0.25, 0.3) is 0 Å². The monoisotopic (exact) mass is 227 g/mol. The van der Waals surface area contributed by atoms with Crippen LogP contribution in [0.2, 0.25) is 0 Å². The number of rotatable bonds is 4. The average molecular weight is 227 g/mol. The fourth-order valence-electron chi connectivity index (χ4n) is 1.87. The van der Waals surface area contributed by atoms with Gasteiger partial charge < -0.3 is 4.90 Å². The number of anilines is 1. The molecule has 0 bridgehead atoms. The van der Waals surface area contributed by atoms with Crippen molar-refractivity contribution in [3.63, 3.8) is 0 Å². The predicted octanol–water partition coefficient (Wildman–Crippen LogP) is 3.05. The minimum atomic E-state index is 0.430. The van der Waals surface area contributed by atoms with Gasteiger partial charge in [-0.2, -0.15) is 10.5 Å². The maximum Gasteiger partial charge on any atom is 0.101 e. The maximum atomic E-state index is 9.00. The van der Waals surface area contributed by atoms with Crippen LogP contribution < -0.4 is 4.90 Å². The molecule has 1 aromatic rings. The van der Waals surface area contributed by atoms with Crippen molar-refractivity contribution in [1.29, 1.82) is 10.5 Å². The van der Waals surface area contributed by atoms with Crippen molar-refractivity contribution in [2.75, 3.05) is 11.4 Å². The van der Waals surface area contributed by atoms with Crippen molar-refractivity contribution in [3.05, 3.63) is 29.3 Å². The van der Waals surface area contributed by atoms with E-state index >= 15 is 0 Å². The largest absolute Gasteiger partial charge is 0.369 e. The van der Waals surface area contributed by atoms with Gasteiger partial charge in [0.15, 0.2) is 0 Å². The molecule has 3 nitrogen and oxygen atoms in total. The fourth-order valence-corrected chi connectivity index (χ4v) is 1.87. The molecule has 1 aromatic carbocycles. The van der Waals surface area contributed by atoms with Crippen LogP contribution in [-0.4, -0.2) is 12.6 Å². The van der Waals surface area contributed by atoms with Gasteiger partial charge in [-0.25, -0.2) is 0 Å². The van der Waals surface area contributed by atoms with Crippen molar-refractivity contribution < 1.29 is 0 Å². The second-order valence-electron chi connectivity index (χ2n) is 4.00. The fraction of sp³-hybridized carbons (Fsp3) is 0.429. The van der Waals surface area contributed by atoms with Gasteiger partial charge in [-0.1, -0.05) is 6.92 Å². The number of nitrogens with zero attached hydrogens (tertiary/aromatic N) is 3. The summed E-state index contributed by atoms with van der Waals surface area (Å²) in [6.07, 6.45) is 1.05. The zero-order valence-corrected chi connectivity index (χ0v) is 10.6. The van der Waals surface area contributed by atoms with E-state index in [4.69, 9.17) is 10.5 Å². The Bertz CT molecular complexity index is 465. The van der Waals surface area contributed by atoms with Gasteiger partial charge in [0.1, 0.15) is 12.1 Å². The third-order valence-electron chi connectivity index (χ3n) is 3.04. The van der Waals surface area contributed by atoms with Gasteiger partial charge >= 0.3 is 0 Å². The van der Waals surface area contributed by atoms with Crippen LogP contribution >= 0.6 is 0 Å². The molecule has 0 saturated carbocycles. The molecular formula is C14H17N3. The lowest BCUT2D eigenvalue weighted by molar-refractivity contribution is 0.630. The van der Waals surface area contributed by atoms with Crippen LogP contribution in [0.15, 0.2) is 18.2 Å². The van der Waals surface area contributed by atoms with E-state index in [1.54, 1.807) is 12.1 Å². The van der Waals surface area contributed by atoms with E-state index in [9.17, 15) is 0 Å². The van der Waals surface area contributed by atoms with Crippen LogP contribution in [0.25, 0.3) is 0 Å². The Kier molecular flexibility index (Phi) is 4.55. The lowest BCUT2D eigenvalue weighted by Crippen LogP contribution is -2.32. The summed E-state index contributed by atoms with van der Waals surface area (Å²) < 4.78 is 0. The molecule has 0 heterocycles. The summed E-state index contributed by atoms with van der Waals surface area (Å²) in [6.45, 7) is 7.29. The molecule has 1 atom stereocenters. The van der Waals surface area contributed by atoms with E-state index in [2.05, 4.69) is 31.7 Å². The van der Waals surface area contributed by atoms with E-state index in [-0.39, 0.29) is 0 Å². The standard InChI is InChI=1S/C14H17N3/c1-4-11(3)17(5-2)14-7-6-12(9-15)13(8-14)10-16/h6-8,11H,4-5H2,1-3H3/t11-/m0/s1. The number of nitriles is 2. The van der Waals surface area contributed by atoms with Gasteiger partial charge in [-0.15, -0.1) is 0 Å². The molecule has 0 aromatic heterocycles. The highest BCUT2D eigenvalue weighted by Gasteiger charge is 2.12. The number of hydrogen-bond donors (Lipinski definition) is 0. The summed E-state index contributed by atoms with van der Waals surface area (Å²) in [5, 5.41) is 17.9. The molecule has 0 aliphatic rings. The van der Waals surface area contributed by atoms with Crippen LogP contribution in [0.4, 0.5) is 5.69 Å². The highest BCUT2D eigenvalue weighted by molar-refractivity contribution is 5.58. The number of hydrogen-bond acceptors (Lipinski definition) is 3. The molecule has 0 aliphatic heterocycles. The molecule has 0 amide bonds. The second kappa shape index (κ2) is 5.92. The van der Waals surface area contributed by atoms with Crippen molar-refractivity contribution >= 4 is 5.69 Å².